The molecule has 5 rings (SSSR count). The van der Waals surface area contributed by atoms with Crippen LogP contribution in [-0.4, -0.2) is 57.9 Å². The molecule has 0 saturated carbocycles. The molecule has 2 atom stereocenters. The zero-order chi connectivity index (χ0) is 21.4. The molecule has 0 radical (unpaired) electrons. The summed E-state index contributed by atoms with van der Waals surface area (Å²) in [7, 11) is 0. The van der Waals surface area contributed by atoms with Gasteiger partial charge in [-0.15, -0.1) is 11.3 Å². The van der Waals surface area contributed by atoms with Crippen molar-refractivity contribution in [2.45, 2.75) is 25.7 Å². The minimum Gasteiger partial charge on any atom is -0.351 e. The Labute approximate surface area is 184 Å². The Hall–Kier alpha value is -3.00. The number of thiazole rings is 1. The van der Waals surface area contributed by atoms with Crippen LogP contribution in [0.25, 0.3) is 10.2 Å². The van der Waals surface area contributed by atoms with Gasteiger partial charge < -0.3 is 14.3 Å². The number of rotatable bonds is 3. The molecule has 160 valence electrons. The lowest BCUT2D eigenvalue weighted by molar-refractivity contribution is -0.137. The fourth-order valence-electron chi connectivity index (χ4n) is 4.39. The van der Waals surface area contributed by atoms with Gasteiger partial charge >= 0.3 is 0 Å². The van der Waals surface area contributed by atoms with Gasteiger partial charge in [-0.05, 0) is 31.9 Å². The lowest BCUT2D eigenvalue weighted by Gasteiger charge is -2.37. The third-order valence-corrected chi connectivity index (χ3v) is 7.26. The molecule has 2 aromatic heterocycles. The lowest BCUT2D eigenvalue weighted by Crippen LogP contribution is -2.52. The number of aryl methyl sites for hydroxylation is 1. The number of fused-ring (bicyclic) bond motifs is 1. The number of amides is 2. The van der Waals surface area contributed by atoms with Gasteiger partial charge in [-0.3, -0.25) is 9.59 Å². The van der Waals surface area contributed by atoms with Gasteiger partial charge in [0.15, 0.2) is 0 Å². The van der Waals surface area contributed by atoms with Crippen molar-refractivity contribution in [1.82, 2.24) is 19.9 Å². The summed E-state index contributed by atoms with van der Waals surface area (Å²) in [5.41, 5.74) is 1.68. The Kier molecular flexibility index (Phi) is 5.31. The van der Waals surface area contributed by atoms with E-state index in [0.29, 0.717) is 31.9 Å². The van der Waals surface area contributed by atoms with Crippen LogP contribution in [0.5, 0.6) is 0 Å². The quantitative estimate of drug-likeness (QED) is 0.586. The van der Waals surface area contributed by atoms with E-state index < -0.39 is 0 Å². The molecule has 1 fully saturated rings. The molecule has 1 aliphatic carbocycles. The van der Waals surface area contributed by atoms with E-state index in [0.717, 1.165) is 28.1 Å². The number of hydrogen-bond donors (Lipinski definition) is 0. The van der Waals surface area contributed by atoms with E-state index in [-0.39, 0.29) is 29.4 Å². The molecule has 31 heavy (non-hydrogen) atoms. The average Bonchev–Trinajstić information content (AvgIpc) is 3.44. The van der Waals surface area contributed by atoms with E-state index in [9.17, 15) is 9.59 Å². The second-order valence-electron chi connectivity index (χ2n) is 8.13. The van der Waals surface area contributed by atoms with Gasteiger partial charge in [-0.25, -0.2) is 4.98 Å². The van der Waals surface area contributed by atoms with Gasteiger partial charge in [0.1, 0.15) is 0 Å². The second-order valence-corrected chi connectivity index (χ2v) is 9.19. The van der Waals surface area contributed by atoms with E-state index in [4.69, 9.17) is 9.51 Å². The number of benzene rings is 1. The molecule has 0 N–H and O–H groups in total. The van der Waals surface area contributed by atoms with Crippen LogP contribution in [0.2, 0.25) is 0 Å². The number of para-hydroxylation sites is 1. The van der Waals surface area contributed by atoms with Crippen LogP contribution < -0.4 is 0 Å². The van der Waals surface area contributed by atoms with E-state index in [1.807, 2.05) is 23.1 Å². The van der Waals surface area contributed by atoms with Crippen molar-refractivity contribution in [3.8, 4) is 0 Å². The molecular weight excluding hydrogens is 412 g/mol. The van der Waals surface area contributed by atoms with Gasteiger partial charge in [0.2, 0.25) is 11.7 Å². The molecule has 3 heterocycles. The van der Waals surface area contributed by atoms with Crippen molar-refractivity contribution >= 4 is 33.4 Å². The van der Waals surface area contributed by atoms with E-state index in [1.54, 1.807) is 29.2 Å². The summed E-state index contributed by atoms with van der Waals surface area (Å²) < 4.78 is 6.26. The molecule has 3 aromatic rings. The van der Waals surface area contributed by atoms with Gasteiger partial charge in [0.25, 0.3) is 5.91 Å². The molecular formula is C23H24N4O3S. The summed E-state index contributed by atoms with van der Waals surface area (Å²) in [4.78, 5) is 34.5. The first-order valence-electron chi connectivity index (χ1n) is 10.6. The second kappa shape index (κ2) is 8.26. The standard InChI is InChI=1S/C23H24N4O3S/c1-15-14-19(30-25-15)23(29)27-12-10-26(11-13-27)22(28)17-7-3-2-6-16(17)21-24-18-8-4-5-9-20(18)31-21/h2-5,8-9,14,16-17H,6-7,10-13H2,1H3. The topological polar surface area (TPSA) is 79.5 Å². The van der Waals surface area contributed by atoms with Crippen LogP contribution in [0.15, 0.2) is 47.0 Å². The number of aromatic nitrogens is 2. The van der Waals surface area contributed by atoms with E-state index in [1.165, 1.54) is 0 Å². The first kappa shape index (κ1) is 19.9. The van der Waals surface area contributed by atoms with Gasteiger partial charge in [-0.1, -0.05) is 29.4 Å². The largest absolute Gasteiger partial charge is 0.351 e. The number of piperazine rings is 1. The first-order chi connectivity index (χ1) is 15.1. The molecule has 1 saturated heterocycles. The fourth-order valence-corrected chi connectivity index (χ4v) is 5.54. The number of hydrogen-bond acceptors (Lipinski definition) is 6. The number of nitrogens with zero attached hydrogens (tertiary/aromatic N) is 4. The Balaban J connectivity index is 1.28. The molecule has 8 heteroatoms. The van der Waals surface area contributed by atoms with Crippen LogP contribution in [-0.2, 0) is 4.79 Å². The van der Waals surface area contributed by atoms with Gasteiger partial charge in [0, 0.05) is 38.2 Å². The van der Waals surface area contributed by atoms with Crippen molar-refractivity contribution in [2.75, 3.05) is 26.2 Å². The van der Waals surface area contributed by atoms with Crippen molar-refractivity contribution in [2.24, 2.45) is 5.92 Å². The summed E-state index contributed by atoms with van der Waals surface area (Å²) in [6.07, 6.45) is 5.84. The Morgan fingerprint density at radius 1 is 1.06 bits per heavy atom. The molecule has 0 spiro atoms. The zero-order valence-corrected chi connectivity index (χ0v) is 18.2. The van der Waals surface area contributed by atoms with Crippen LogP contribution >= 0.6 is 11.3 Å². The SMILES string of the molecule is Cc1cc(C(=O)N2CCN(C(=O)C3CC=CCC3c3nc4ccccc4s3)CC2)on1. The maximum Gasteiger partial charge on any atom is 0.292 e. The van der Waals surface area contributed by atoms with Crippen molar-refractivity contribution in [3.05, 3.63) is 58.9 Å². The van der Waals surface area contributed by atoms with Gasteiger partial charge in [-0.2, -0.15) is 0 Å². The number of carbonyl (C=O) groups is 2. The highest BCUT2D eigenvalue weighted by atomic mass is 32.1. The van der Waals surface area contributed by atoms with Crippen LogP contribution in [0, 0.1) is 12.8 Å². The smallest absolute Gasteiger partial charge is 0.292 e. The molecule has 1 aromatic carbocycles. The summed E-state index contributed by atoms with van der Waals surface area (Å²) >= 11 is 1.69. The van der Waals surface area contributed by atoms with Crippen molar-refractivity contribution in [3.63, 3.8) is 0 Å². The lowest BCUT2D eigenvalue weighted by atomic mass is 9.82. The number of carbonyl (C=O) groups excluding carboxylic acids is 2. The highest BCUT2D eigenvalue weighted by Gasteiger charge is 2.36. The summed E-state index contributed by atoms with van der Waals surface area (Å²) in [5.74, 6) is 0.249. The summed E-state index contributed by atoms with van der Waals surface area (Å²) in [6, 6.07) is 9.77. The summed E-state index contributed by atoms with van der Waals surface area (Å²) in [6.45, 7) is 3.85. The Morgan fingerprint density at radius 2 is 1.81 bits per heavy atom. The average molecular weight is 437 g/mol. The molecule has 7 nitrogen and oxygen atoms in total. The molecule has 0 bridgehead atoms. The third kappa shape index (κ3) is 3.87. The molecule has 2 unspecified atom stereocenters. The maximum absolute atomic E-state index is 13.4. The van der Waals surface area contributed by atoms with E-state index in [2.05, 4.69) is 23.4 Å². The van der Waals surface area contributed by atoms with E-state index >= 15 is 0 Å². The third-order valence-electron chi connectivity index (χ3n) is 6.09. The minimum absolute atomic E-state index is 0.103. The molecule has 2 amide bonds. The first-order valence-corrected chi connectivity index (χ1v) is 11.4. The van der Waals surface area contributed by atoms with Gasteiger partial charge in [0.05, 0.1) is 26.8 Å². The summed E-state index contributed by atoms with van der Waals surface area (Å²) in [5, 5.41) is 4.83. The van der Waals surface area contributed by atoms with Crippen LogP contribution in [0.4, 0.5) is 0 Å². The number of allylic oxidation sites excluding steroid dienone is 2. The van der Waals surface area contributed by atoms with Crippen LogP contribution in [0.1, 0.15) is 40.0 Å². The zero-order valence-electron chi connectivity index (χ0n) is 17.4. The van der Waals surface area contributed by atoms with Crippen LogP contribution in [0.3, 0.4) is 0 Å². The molecule has 1 aliphatic heterocycles. The highest BCUT2D eigenvalue weighted by molar-refractivity contribution is 7.18. The highest BCUT2D eigenvalue weighted by Crippen LogP contribution is 2.39. The maximum atomic E-state index is 13.4. The Morgan fingerprint density at radius 3 is 2.55 bits per heavy atom. The predicted octanol–water partition coefficient (Wildman–Crippen LogP) is 3.63. The van der Waals surface area contributed by atoms with Crippen molar-refractivity contribution in [1.29, 1.82) is 0 Å². The fraction of sp³-hybridized carbons (Fsp3) is 0.391. The Bertz CT molecular complexity index is 1110. The predicted molar refractivity (Wildman–Crippen MR) is 118 cm³/mol. The molecule has 2 aliphatic rings. The normalized spacial score (nSPS) is 21.6. The monoisotopic (exact) mass is 436 g/mol. The minimum atomic E-state index is -0.166. The van der Waals surface area contributed by atoms with Crippen molar-refractivity contribution < 1.29 is 14.1 Å².